The van der Waals surface area contributed by atoms with Crippen molar-refractivity contribution in [3.63, 3.8) is 0 Å². The van der Waals surface area contributed by atoms with E-state index in [0.717, 1.165) is 0 Å². The monoisotopic (exact) mass is 416 g/mol. The van der Waals surface area contributed by atoms with Gasteiger partial charge in [0.2, 0.25) is 0 Å². The molecule has 0 amide bonds. The van der Waals surface area contributed by atoms with Crippen LogP contribution in [0, 0.1) is 0 Å². The van der Waals surface area contributed by atoms with Crippen molar-refractivity contribution < 1.29 is 0 Å². The second-order valence-corrected chi connectivity index (χ2v) is 8.27. The summed E-state index contributed by atoms with van der Waals surface area (Å²) >= 11 is 0. The van der Waals surface area contributed by atoms with Gasteiger partial charge in [-0.3, -0.25) is 0 Å². The van der Waals surface area contributed by atoms with E-state index in [2.05, 4.69) is 140 Å². The highest BCUT2D eigenvalue weighted by Gasteiger charge is 2.31. The van der Waals surface area contributed by atoms with Crippen LogP contribution >= 0.6 is 0 Å². The van der Waals surface area contributed by atoms with Gasteiger partial charge in [0.1, 0.15) is 0 Å². The summed E-state index contributed by atoms with van der Waals surface area (Å²) in [6, 6.07) is 34.7. The van der Waals surface area contributed by atoms with Crippen LogP contribution in [0.4, 0.5) is 17.1 Å². The number of benzene rings is 4. The van der Waals surface area contributed by atoms with Gasteiger partial charge < -0.3 is 9.80 Å². The molecule has 4 aromatic carbocycles. The smallest absolute Gasteiger partial charge is 0.0571 e. The highest BCUT2D eigenvalue weighted by molar-refractivity contribution is 5.96. The molecule has 0 fully saturated rings. The minimum Gasteiger partial charge on any atom is -0.344 e. The van der Waals surface area contributed by atoms with Crippen LogP contribution in [0.1, 0.15) is 19.4 Å². The number of para-hydroxylation sites is 2. The predicted octanol–water partition coefficient (Wildman–Crippen LogP) is 7.80. The molecule has 2 heteroatoms. The normalized spacial score (nSPS) is 17.1. The van der Waals surface area contributed by atoms with Crippen LogP contribution < -0.4 is 9.80 Å². The summed E-state index contributed by atoms with van der Waals surface area (Å²) in [5, 5.41) is 2.52. The lowest BCUT2D eigenvalue weighted by atomic mass is 10.0. The van der Waals surface area contributed by atoms with E-state index in [1.165, 1.54) is 44.7 Å². The van der Waals surface area contributed by atoms with Gasteiger partial charge in [-0.2, -0.15) is 0 Å². The Balaban J connectivity index is 1.58. The summed E-state index contributed by atoms with van der Waals surface area (Å²) in [5.74, 6) is 0. The zero-order valence-corrected chi connectivity index (χ0v) is 18.9. The molecule has 1 atom stereocenters. The maximum atomic E-state index is 2.44. The molecule has 158 valence electrons. The van der Waals surface area contributed by atoms with Crippen molar-refractivity contribution in [1.29, 1.82) is 0 Å². The summed E-state index contributed by atoms with van der Waals surface area (Å²) in [5.41, 5.74) is 7.53. The summed E-state index contributed by atoms with van der Waals surface area (Å²) in [7, 11) is 2.16. The molecule has 0 aromatic heterocycles. The van der Waals surface area contributed by atoms with Crippen molar-refractivity contribution in [2.45, 2.75) is 19.9 Å². The summed E-state index contributed by atoms with van der Waals surface area (Å²) in [6.45, 7) is 4.42. The van der Waals surface area contributed by atoms with Crippen molar-refractivity contribution in [2.75, 3.05) is 16.8 Å². The average Bonchev–Trinajstić information content (AvgIpc) is 3.13. The highest BCUT2D eigenvalue weighted by atomic mass is 15.2. The number of likely N-dealkylation sites (N-methyl/N-ethyl adjacent to an activating group) is 1. The Bertz CT molecular complexity index is 1310. The van der Waals surface area contributed by atoms with Gasteiger partial charge in [-0.15, -0.1) is 0 Å². The summed E-state index contributed by atoms with van der Waals surface area (Å²) in [6.07, 6.45) is 4.56. The van der Waals surface area contributed by atoms with Crippen LogP contribution in [0.15, 0.2) is 115 Å². The molecule has 1 aliphatic heterocycles. The quantitative estimate of drug-likeness (QED) is 0.335. The zero-order valence-electron chi connectivity index (χ0n) is 18.9. The lowest BCUT2D eigenvalue weighted by Gasteiger charge is -2.26. The second-order valence-electron chi connectivity index (χ2n) is 8.27. The van der Waals surface area contributed by atoms with Gasteiger partial charge in [0, 0.05) is 40.8 Å². The molecule has 32 heavy (non-hydrogen) atoms. The van der Waals surface area contributed by atoms with E-state index in [4.69, 9.17) is 0 Å². The Morgan fingerprint density at radius 1 is 0.812 bits per heavy atom. The van der Waals surface area contributed by atoms with Crippen LogP contribution in [0.5, 0.6) is 0 Å². The minimum atomic E-state index is 0.241. The molecule has 0 spiro atoms. The van der Waals surface area contributed by atoms with Gasteiger partial charge in [-0.25, -0.2) is 0 Å². The maximum Gasteiger partial charge on any atom is 0.0571 e. The van der Waals surface area contributed by atoms with Gasteiger partial charge in [0.15, 0.2) is 0 Å². The lowest BCUT2D eigenvalue weighted by molar-refractivity contribution is 0.914. The van der Waals surface area contributed by atoms with E-state index < -0.39 is 0 Å². The molecule has 0 N–H and O–H groups in total. The summed E-state index contributed by atoms with van der Waals surface area (Å²) in [4.78, 5) is 4.74. The first-order chi connectivity index (χ1) is 15.7. The molecular weight excluding hydrogens is 388 g/mol. The molecule has 0 saturated heterocycles. The number of hydrogen-bond acceptors (Lipinski definition) is 2. The van der Waals surface area contributed by atoms with E-state index in [-0.39, 0.29) is 6.04 Å². The first-order valence-electron chi connectivity index (χ1n) is 11.2. The number of nitrogens with zero attached hydrogens (tertiary/aromatic N) is 2. The van der Waals surface area contributed by atoms with E-state index >= 15 is 0 Å². The van der Waals surface area contributed by atoms with Crippen molar-refractivity contribution in [3.8, 4) is 0 Å². The van der Waals surface area contributed by atoms with Gasteiger partial charge in [0.25, 0.3) is 0 Å². The third-order valence-corrected chi connectivity index (χ3v) is 6.46. The third kappa shape index (κ3) is 3.38. The standard InChI is InChI=1S/C30H28N2/c1-4-24(31(3)29-20-12-14-23-13-8-9-17-26(23)29)21-28-22(2)32(25-15-6-5-7-16-25)30-19-11-10-18-27(28)30/h4-22H,1-3H3. The Kier molecular flexibility index (Phi) is 5.28. The van der Waals surface area contributed by atoms with Gasteiger partial charge in [-0.1, -0.05) is 78.9 Å². The first kappa shape index (κ1) is 20.1. The highest BCUT2D eigenvalue weighted by Crippen LogP contribution is 2.45. The fourth-order valence-corrected chi connectivity index (χ4v) is 4.82. The molecule has 0 radical (unpaired) electrons. The number of allylic oxidation sites excluding steroid dienone is 2. The first-order valence-corrected chi connectivity index (χ1v) is 11.2. The number of fused-ring (bicyclic) bond motifs is 2. The minimum absolute atomic E-state index is 0.241. The Morgan fingerprint density at radius 3 is 2.31 bits per heavy atom. The molecule has 1 heterocycles. The largest absolute Gasteiger partial charge is 0.344 e. The van der Waals surface area contributed by atoms with E-state index in [1.807, 2.05) is 0 Å². The molecule has 5 rings (SSSR count). The average molecular weight is 417 g/mol. The van der Waals surface area contributed by atoms with E-state index in [0.29, 0.717) is 0 Å². The molecule has 0 aliphatic carbocycles. The number of rotatable bonds is 4. The summed E-state index contributed by atoms with van der Waals surface area (Å²) < 4.78 is 0. The van der Waals surface area contributed by atoms with Crippen LogP contribution in [-0.2, 0) is 0 Å². The number of anilines is 3. The van der Waals surface area contributed by atoms with Crippen LogP contribution in [-0.4, -0.2) is 13.1 Å². The van der Waals surface area contributed by atoms with Gasteiger partial charge in [0.05, 0.1) is 6.04 Å². The van der Waals surface area contributed by atoms with Crippen molar-refractivity contribution in [1.82, 2.24) is 0 Å². The molecule has 1 unspecified atom stereocenters. The molecule has 1 aliphatic rings. The van der Waals surface area contributed by atoms with Crippen molar-refractivity contribution in [2.24, 2.45) is 0 Å². The lowest BCUT2D eigenvalue weighted by Crippen LogP contribution is -2.24. The maximum absolute atomic E-state index is 2.44. The van der Waals surface area contributed by atoms with Gasteiger partial charge >= 0.3 is 0 Å². The number of hydrogen-bond donors (Lipinski definition) is 0. The van der Waals surface area contributed by atoms with Crippen molar-refractivity contribution in [3.05, 3.63) is 120 Å². The van der Waals surface area contributed by atoms with Gasteiger partial charge in [-0.05, 0) is 55.1 Å². The van der Waals surface area contributed by atoms with Crippen LogP contribution in [0.25, 0.3) is 16.3 Å². The Hall–Kier alpha value is -3.78. The van der Waals surface area contributed by atoms with Crippen LogP contribution in [0.2, 0.25) is 0 Å². The van der Waals surface area contributed by atoms with E-state index in [1.54, 1.807) is 0 Å². The molecule has 4 aromatic rings. The SMILES string of the molecule is CC=C(C=C1c2ccccc2N(c2ccccc2)C1C)N(C)c1cccc2ccccc12. The Morgan fingerprint density at radius 2 is 1.50 bits per heavy atom. The van der Waals surface area contributed by atoms with Crippen LogP contribution in [0.3, 0.4) is 0 Å². The molecular formula is C30H28N2. The topological polar surface area (TPSA) is 6.48 Å². The Labute approximate surface area is 190 Å². The zero-order chi connectivity index (χ0) is 22.1. The van der Waals surface area contributed by atoms with Crippen molar-refractivity contribution >= 4 is 33.4 Å². The fraction of sp³-hybridized carbons (Fsp3) is 0.133. The fourth-order valence-electron chi connectivity index (χ4n) is 4.82. The molecule has 2 nitrogen and oxygen atoms in total. The van der Waals surface area contributed by atoms with E-state index in [9.17, 15) is 0 Å². The second kappa shape index (κ2) is 8.39. The predicted molar refractivity (Wildman–Crippen MR) is 139 cm³/mol. The molecule has 0 saturated carbocycles. The molecule has 0 bridgehead atoms. The third-order valence-electron chi connectivity index (χ3n) is 6.46.